The fraction of sp³-hybridized carbons (Fsp3) is 0.368. The molecule has 1 saturated heterocycles. The van der Waals surface area contributed by atoms with E-state index in [4.69, 9.17) is 4.74 Å². The Morgan fingerprint density at radius 3 is 2.69 bits per heavy atom. The molecular weight excluding hydrogens is 421 g/mol. The van der Waals surface area contributed by atoms with Crippen LogP contribution in [-0.4, -0.2) is 40.6 Å². The highest BCUT2D eigenvalue weighted by Crippen LogP contribution is 2.43. The van der Waals surface area contributed by atoms with Crippen molar-refractivity contribution >= 4 is 51.1 Å². The predicted molar refractivity (Wildman–Crippen MR) is 112 cm³/mol. The number of hydrogen-bond acceptors (Lipinski definition) is 6. The standard InChI is InChI=1S/C19H18FN3O4S.ClH/c1-8-4-22(5-9(2)21-8)15-12(20)3-11-14-17(15)27-6-10-7-28-18(23(10)14)13(16(11)24)19(25)26;/h3,7-9,21H,4-6H2,1-2H3,(H,25,26);1H/t8-,9+;. The molecule has 1 fully saturated rings. The van der Waals surface area contributed by atoms with E-state index in [1.165, 1.54) is 11.3 Å². The number of carboxylic acids is 1. The van der Waals surface area contributed by atoms with Crippen LogP contribution in [0, 0.1) is 5.82 Å². The van der Waals surface area contributed by atoms with Crippen molar-refractivity contribution in [3.8, 4) is 5.75 Å². The first-order valence-electron chi connectivity index (χ1n) is 9.05. The second-order valence-electron chi connectivity index (χ2n) is 7.47. The number of nitrogens with zero attached hydrogens (tertiary/aromatic N) is 2. The first kappa shape index (κ1) is 19.9. The van der Waals surface area contributed by atoms with Crippen molar-refractivity contribution in [3.63, 3.8) is 0 Å². The van der Waals surface area contributed by atoms with E-state index in [0.717, 1.165) is 11.8 Å². The highest BCUT2D eigenvalue weighted by molar-refractivity contribution is 7.16. The summed E-state index contributed by atoms with van der Waals surface area (Å²) in [5.74, 6) is -1.57. The Bertz CT molecular complexity index is 1210. The maximum atomic E-state index is 15.2. The van der Waals surface area contributed by atoms with Gasteiger partial charge in [0.05, 0.1) is 11.1 Å². The second-order valence-corrected chi connectivity index (χ2v) is 8.33. The molecule has 0 spiro atoms. The van der Waals surface area contributed by atoms with Crippen LogP contribution in [0.25, 0.3) is 15.7 Å². The van der Waals surface area contributed by atoms with Crippen molar-refractivity contribution in [1.29, 1.82) is 0 Å². The molecule has 2 aliphatic heterocycles. The maximum absolute atomic E-state index is 15.2. The summed E-state index contributed by atoms with van der Waals surface area (Å²) in [5.41, 5.74) is 0.520. The summed E-state index contributed by atoms with van der Waals surface area (Å²) < 4.78 is 22.9. The Labute approximate surface area is 175 Å². The third-order valence-corrected chi connectivity index (χ3v) is 6.34. The topological polar surface area (TPSA) is 83.3 Å². The van der Waals surface area contributed by atoms with Gasteiger partial charge in [0.25, 0.3) is 0 Å². The lowest BCUT2D eigenvalue weighted by atomic mass is 10.1. The number of thiazole rings is 1. The molecular formula is C19H19ClFN3O4S. The fourth-order valence-electron chi connectivity index (χ4n) is 4.38. The molecule has 3 aromatic rings. The summed E-state index contributed by atoms with van der Waals surface area (Å²) in [5, 5.41) is 14.8. The zero-order valence-electron chi connectivity index (χ0n) is 15.7. The van der Waals surface area contributed by atoms with Gasteiger partial charge in [0.1, 0.15) is 28.2 Å². The van der Waals surface area contributed by atoms with E-state index in [9.17, 15) is 14.7 Å². The summed E-state index contributed by atoms with van der Waals surface area (Å²) in [6.07, 6.45) is 0. The lowest BCUT2D eigenvalue weighted by Gasteiger charge is -2.39. The first-order valence-corrected chi connectivity index (χ1v) is 9.93. The largest absolute Gasteiger partial charge is 0.483 e. The first-order chi connectivity index (χ1) is 13.4. The molecule has 0 unspecified atom stereocenters. The lowest BCUT2D eigenvalue weighted by molar-refractivity contribution is 0.0697. The van der Waals surface area contributed by atoms with Gasteiger partial charge in [-0.3, -0.25) is 9.20 Å². The summed E-state index contributed by atoms with van der Waals surface area (Å²) >= 11 is 1.19. The van der Waals surface area contributed by atoms with Gasteiger partial charge >= 0.3 is 5.97 Å². The van der Waals surface area contributed by atoms with Crippen LogP contribution in [0.15, 0.2) is 16.2 Å². The molecule has 2 N–H and O–H groups in total. The number of anilines is 1. The van der Waals surface area contributed by atoms with Gasteiger partial charge in [0.15, 0.2) is 11.6 Å². The zero-order chi connectivity index (χ0) is 19.7. The average Bonchev–Trinajstić information content (AvgIpc) is 3.03. The van der Waals surface area contributed by atoms with Crippen molar-refractivity contribution in [1.82, 2.24) is 9.72 Å². The molecule has 0 bridgehead atoms. The molecule has 0 aliphatic carbocycles. The summed E-state index contributed by atoms with van der Waals surface area (Å²) in [6.45, 7) is 5.47. The second kappa shape index (κ2) is 6.86. The Kier molecular flexibility index (Phi) is 4.71. The number of nitrogens with one attached hydrogen (secondary N) is 1. The molecule has 154 valence electrons. The van der Waals surface area contributed by atoms with Gasteiger partial charge in [0.2, 0.25) is 5.43 Å². The zero-order valence-corrected chi connectivity index (χ0v) is 17.3. The van der Waals surface area contributed by atoms with Gasteiger partial charge in [-0.1, -0.05) is 0 Å². The maximum Gasteiger partial charge on any atom is 0.342 e. The number of ether oxygens (including phenoxy) is 1. The van der Waals surface area contributed by atoms with E-state index >= 15 is 4.39 Å². The molecule has 1 aromatic carbocycles. The van der Waals surface area contributed by atoms with E-state index in [0.29, 0.717) is 34.9 Å². The highest BCUT2D eigenvalue weighted by Gasteiger charge is 2.32. The van der Waals surface area contributed by atoms with Gasteiger partial charge in [0, 0.05) is 30.6 Å². The minimum Gasteiger partial charge on any atom is -0.483 e. The Balaban J connectivity index is 0.00000205. The van der Waals surface area contributed by atoms with Crippen LogP contribution in [0.2, 0.25) is 0 Å². The van der Waals surface area contributed by atoms with Gasteiger partial charge in [-0.15, -0.1) is 23.7 Å². The van der Waals surface area contributed by atoms with Crippen LogP contribution in [0.3, 0.4) is 0 Å². The van der Waals surface area contributed by atoms with E-state index < -0.39 is 17.2 Å². The minimum atomic E-state index is -1.31. The Morgan fingerprint density at radius 1 is 1.34 bits per heavy atom. The number of rotatable bonds is 2. The number of hydrogen-bond donors (Lipinski definition) is 2. The predicted octanol–water partition coefficient (Wildman–Crippen LogP) is 2.85. The summed E-state index contributed by atoms with van der Waals surface area (Å²) in [7, 11) is 0. The number of aromatic carboxylic acids is 1. The molecule has 0 saturated carbocycles. The number of carboxylic acid groups (broad SMARTS) is 1. The van der Waals surface area contributed by atoms with Crippen LogP contribution in [0.4, 0.5) is 10.1 Å². The van der Waals surface area contributed by atoms with Gasteiger partial charge in [-0.25, -0.2) is 9.18 Å². The van der Waals surface area contributed by atoms with Gasteiger partial charge < -0.3 is 20.1 Å². The molecule has 10 heteroatoms. The van der Waals surface area contributed by atoms with Crippen molar-refractivity contribution in [2.24, 2.45) is 0 Å². The molecule has 0 radical (unpaired) electrons. The quantitative estimate of drug-likeness (QED) is 0.639. The third kappa shape index (κ3) is 2.79. The Hall–Kier alpha value is -2.36. The van der Waals surface area contributed by atoms with Crippen molar-refractivity contribution < 1.29 is 19.0 Å². The SMILES string of the molecule is C[C@@H]1CN(c2c(F)cc3c(=O)c(C(=O)O)c4scc5n4c3c2OC5)C[C@H](C)N1.Cl. The molecule has 5 rings (SSSR count). The monoisotopic (exact) mass is 439 g/mol. The van der Waals surface area contributed by atoms with E-state index in [2.05, 4.69) is 5.32 Å². The van der Waals surface area contributed by atoms with Crippen LogP contribution >= 0.6 is 23.7 Å². The van der Waals surface area contributed by atoms with E-state index in [1.807, 2.05) is 18.7 Å². The summed E-state index contributed by atoms with van der Waals surface area (Å²) in [4.78, 5) is 26.9. The molecule has 0 amide bonds. The number of benzene rings is 1. The van der Waals surface area contributed by atoms with E-state index in [-0.39, 0.29) is 42.0 Å². The highest BCUT2D eigenvalue weighted by atomic mass is 35.5. The lowest BCUT2D eigenvalue weighted by Crippen LogP contribution is -2.54. The van der Waals surface area contributed by atoms with Gasteiger partial charge in [-0.2, -0.15) is 0 Å². The van der Waals surface area contributed by atoms with Crippen molar-refractivity contribution in [3.05, 3.63) is 38.7 Å². The molecule has 4 heterocycles. The normalized spacial score (nSPS) is 20.7. The van der Waals surface area contributed by atoms with Crippen molar-refractivity contribution in [2.75, 3.05) is 18.0 Å². The van der Waals surface area contributed by atoms with Crippen LogP contribution in [0.1, 0.15) is 29.9 Å². The molecule has 29 heavy (non-hydrogen) atoms. The number of halogens is 2. The van der Waals surface area contributed by atoms with Crippen LogP contribution < -0.4 is 20.4 Å². The summed E-state index contributed by atoms with van der Waals surface area (Å²) in [6, 6.07) is 1.50. The molecule has 2 atom stereocenters. The number of pyridine rings is 1. The number of aromatic nitrogens is 1. The van der Waals surface area contributed by atoms with Gasteiger partial charge in [-0.05, 0) is 19.9 Å². The third-order valence-electron chi connectivity index (χ3n) is 5.34. The minimum absolute atomic E-state index is 0. The fourth-order valence-corrected chi connectivity index (χ4v) is 5.42. The van der Waals surface area contributed by atoms with Crippen LogP contribution in [-0.2, 0) is 6.61 Å². The Morgan fingerprint density at radius 2 is 2.03 bits per heavy atom. The van der Waals surface area contributed by atoms with E-state index in [1.54, 1.807) is 9.78 Å². The molecule has 7 nitrogen and oxygen atoms in total. The average molecular weight is 440 g/mol. The smallest absolute Gasteiger partial charge is 0.342 e. The molecule has 2 aliphatic rings. The molecule has 2 aromatic heterocycles. The number of piperazine rings is 1. The number of carbonyl (C=O) groups is 1. The van der Waals surface area contributed by atoms with Crippen molar-refractivity contribution in [2.45, 2.75) is 32.5 Å². The van der Waals surface area contributed by atoms with Crippen LogP contribution in [0.5, 0.6) is 5.75 Å².